The van der Waals surface area contributed by atoms with Crippen LogP contribution in [0.2, 0.25) is 0 Å². The zero-order valence-electron chi connectivity index (χ0n) is 18.3. The largest absolute Gasteiger partial charge is 0.496 e. The number of aryl methyl sites for hydroxylation is 2. The Hall–Kier alpha value is -3.28. The van der Waals surface area contributed by atoms with Crippen LogP contribution in [-0.2, 0) is 19.5 Å². The molecule has 1 heterocycles. The summed E-state index contributed by atoms with van der Waals surface area (Å²) in [7, 11) is 3.51. The molecular formula is C24H31N5O. The predicted molar refractivity (Wildman–Crippen MR) is 122 cm³/mol. The number of guanidine groups is 1. The molecule has 1 aromatic heterocycles. The van der Waals surface area contributed by atoms with Crippen molar-refractivity contribution < 1.29 is 4.74 Å². The minimum Gasteiger partial charge on any atom is -0.496 e. The Bertz CT molecular complexity index is 993. The maximum atomic E-state index is 5.47. The van der Waals surface area contributed by atoms with Crippen LogP contribution in [0.3, 0.4) is 0 Å². The Kier molecular flexibility index (Phi) is 7.49. The lowest BCUT2D eigenvalue weighted by Gasteiger charge is -2.14. The van der Waals surface area contributed by atoms with Gasteiger partial charge in [-0.15, -0.1) is 0 Å². The Labute approximate surface area is 179 Å². The summed E-state index contributed by atoms with van der Waals surface area (Å²) in [6.45, 7) is 6.43. The molecule has 158 valence electrons. The standard InChI is InChI=1S/C24H31N5O/c1-18-8-9-23(30-4)22(14-18)10-11-27-24(25-3)28-16-20-6-5-7-21(15-20)17-29-13-12-26-19(29)2/h5-9,12-15H,10-11,16-17H2,1-4H3,(H2,25,27,28). The van der Waals surface area contributed by atoms with Gasteiger partial charge in [-0.25, -0.2) is 4.98 Å². The fraction of sp³-hybridized carbons (Fsp3) is 0.333. The van der Waals surface area contributed by atoms with Gasteiger partial charge in [0.15, 0.2) is 5.96 Å². The number of hydrogen-bond donors (Lipinski definition) is 2. The third-order valence-electron chi connectivity index (χ3n) is 5.07. The molecule has 0 saturated carbocycles. The van der Waals surface area contributed by atoms with Gasteiger partial charge in [-0.2, -0.15) is 0 Å². The van der Waals surface area contributed by atoms with E-state index in [1.165, 1.54) is 22.3 Å². The van der Waals surface area contributed by atoms with E-state index >= 15 is 0 Å². The fourth-order valence-corrected chi connectivity index (χ4v) is 3.43. The summed E-state index contributed by atoms with van der Waals surface area (Å²) < 4.78 is 7.61. The van der Waals surface area contributed by atoms with Crippen LogP contribution >= 0.6 is 0 Å². The Balaban J connectivity index is 1.51. The molecule has 0 fully saturated rings. The smallest absolute Gasteiger partial charge is 0.191 e. The van der Waals surface area contributed by atoms with Crippen molar-refractivity contribution in [2.75, 3.05) is 20.7 Å². The Morgan fingerprint density at radius 2 is 1.93 bits per heavy atom. The highest BCUT2D eigenvalue weighted by atomic mass is 16.5. The van der Waals surface area contributed by atoms with E-state index in [0.29, 0.717) is 6.54 Å². The average molecular weight is 406 g/mol. The van der Waals surface area contributed by atoms with E-state index in [2.05, 4.69) is 68.5 Å². The molecule has 0 amide bonds. The molecule has 0 aliphatic heterocycles. The molecule has 0 aliphatic carbocycles. The number of ether oxygens (including phenoxy) is 1. The van der Waals surface area contributed by atoms with Crippen molar-refractivity contribution in [2.24, 2.45) is 4.99 Å². The molecule has 0 atom stereocenters. The summed E-state index contributed by atoms with van der Waals surface area (Å²) in [5.74, 6) is 2.74. The van der Waals surface area contributed by atoms with E-state index in [9.17, 15) is 0 Å². The monoisotopic (exact) mass is 405 g/mol. The van der Waals surface area contributed by atoms with Crippen LogP contribution in [0, 0.1) is 13.8 Å². The second-order valence-electron chi connectivity index (χ2n) is 7.34. The van der Waals surface area contributed by atoms with Crippen LogP contribution in [0.15, 0.2) is 59.9 Å². The van der Waals surface area contributed by atoms with Crippen molar-refractivity contribution in [2.45, 2.75) is 33.4 Å². The lowest BCUT2D eigenvalue weighted by Crippen LogP contribution is -2.37. The molecule has 3 rings (SSSR count). The van der Waals surface area contributed by atoms with E-state index in [0.717, 1.165) is 37.0 Å². The molecule has 0 saturated heterocycles. The minimum atomic E-state index is 0.712. The van der Waals surface area contributed by atoms with Crippen molar-refractivity contribution >= 4 is 5.96 Å². The van der Waals surface area contributed by atoms with E-state index < -0.39 is 0 Å². The van der Waals surface area contributed by atoms with Crippen molar-refractivity contribution in [3.63, 3.8) is 0 Å². The molecule has 3 aromatic rings. The SMILES string of the molecule is CN=C(NCCc1cc(C)ccc1OC)NCc1cccc(Cn2ccnc2C)c1. The van der Waals surface area contributed by atoms with E-state index in [-0.39, 0.29) is 0 Å². The van der Waals surface area contributed by atoms with Crippen LogP contribution in [0.25, 0.3) is 0 Å². The van der Waals surface area contributed by atoms with Gasteiger partial charge in [0.1, 0.15) is 11.6 Å². The normalized spacial score (nSPS) is 11.4. The number of rotatable bonds is 8. The second-order valence-corrected chi connectivity index (χ2v) is 7.34. The lowest BCUT2D eigenvalue weighted by molar-refractivity contribution is 0.409. The van der Waals surface area contributed by atoms with Gasteiger partial charge in [0.2, 0.25) is 0 Å². The highest BCUT2D eigenvalue weighted by Crippen LogP contribution is 2.19. The zero-order valence-corrected chi connectivity index (χ0v) is 18.3. The number of aliphatic imine (C=N–C) groups is 1. The number of nitrogens with one attached hydrogen (secondary N) is 2. The molecular weight excluding hydrogens is 374 g/mol. The first kappa shape index (κ1) is 21.4. The number of methoxy groups -OCH3 is 1. The topological polar surface area (TPSA) is 63.5 Å². The first-order valence-corrected chi connectivity index (χ1v) is 10.2. The molecule has 2 N–H and O–H groups in total. The summed E-state index contributed by atoms with van der Waals surface area (Å²) >= 11 is 0. The molecule has 0 unspecified atom stereocenters. The van der Waals surface area contributed by atoms with Crippen molar-refractivity contribution in [3.05, 3.63) is 82.9 Å². The van der Waals surface area contributed by atoms with Crippen molar-refractivity contribution in [3.8, 4) is 5.75 Å². The average Bonchev–Trinajstić information content (AvgIpc) is 3.15. The molecule has 2 aromatic carbocycles. The molecule has 6 heteroatoms. The quantitative estimate of drug-likeness (QED) is 0.445. The van der Waals surface area contributed by atoms with Crippen molar-refractivity contribution in [1.82, 2.24) is 20.2 Å². The third-order valence-corrected chi connectivity index (χ3v) is 5.07. The molecule has 0 aliphatic rings. The minimum absolute atomic E-state index is 0.712. The van der Waals surface area contributed by atoms with E-state index in [1.54, 1.807) is 14.2 Å². The van der Waals surface area contributed by atoms with Crippen LogP contribution in [0.4, 0.5) is 0 Å². The molecule has 0 spiro atoms. The van der Waals surface area contributed by atoms with Gasteiger partial charge in [-0.3, -0.25) is 4.99 Å². The Morgan fingerprint density at radius 3 is 2.67 bits per heavy atom. The van der Waals surface area contributed by atoms with Gasteiger partial charge in [-0.1, -0.05) is 42.0 Å². The summed E-state index contributed by atoms with van der Waals surface area (Å²) in [6, 6.07) is 14.8. The van der Waals surface area contributed by atoms with E-state index in [4.69, 9.17) is 4.74 Å². The summed E-state index contributed by atoms with van der Waals surface area (Å²) in [6.07, 6.45) is 4.71. The van der Waals surface area contributed by atoms with Gasteiger partial charge in [0, 0.05) is 39.1 Å². The van der Waals surface area contributed by atoms with Gasteiger partial charge in [0.25, 0.3) is 0 Å². The highest BCUT2D eigenvalue weighted by molar-refractivity contribution is 5.79. The van der Waals surface area contributed by atoms with Gasteiger partial charge in [-0.05, 0) is 43.0 Å². The number of nitrogens with zero attached hydrogens (tertiary/aromatic N) is 3. The molecule has 0 radical (unpaired) electrons. The van der Waals surface area contributed by atoms with Crippen molar-refractivity contribution in [1.29, 1.82) is 0 Å². The van der Waals surface area contributed by atoms with Gasteiger partial charge in [0.05, 0.1) is 7.11 Å². The second kappa shape index (κ2) is 10.5. The molecule has 30 heavy (non-hydrogen) atoms. The zero-order chi connectivity index (χ0) is 21.3. The number of benzene rings is 2. The molecule has 0 bridgehead atoms. The number of aromatic nitrogens is 2. The summed E-state index contributed by atoms with van der Waals surface area (Å²) in [4.78, 5) is 8.63. The Morgan fingerprint density at radius 1 is 1.10 bits per heavy atom. The summed E-state index contributed by atoms with van der Waals surface area (Å²) in [5.41, 5.74) is 4.90. The van der Waals surface area contributed by atoms with Gasteiger partial charge >= 0.3 is 0 Å². The third kappa shape index (κ3) is 5.86. The fourth-order valence-electron chi connectivity index (χ4n) is 3.43. The first-order chi connectivity index (χ1) is 14.6. The van der Waals surface area contributed by atoms with Crippen LogP contribution in [0.5, 0.6) is 5.75 Å². The predicted octanol–water partition coefficient (Wildman–Crippen LogP) is 3.46. The molecule has 6 nitrogen and oxygen atoms in total. The number of imidazole rings is 1. The van der Waals surface area contributed by atoms with Crippen LogP contribution < -0.4 is 15.4 Å². The maximum Gasteiger partial charge on any atom is 0.191 e. The van der Waals surface area contributed by atoms with E-state index in [1.807, 2.05) is 25.4 Å². The maximum absolute atomic E-state index is 5.47. The highest BCUT2D eigenvalue weighted by Gasteiger charge is 2.05. The summed E-state index contributed by atoms with van der Waals surface area (Å²) in [5, 5.41) is 6.79. The van der Waals surface area contributed by atoms with Crippen LogP contribution in [0.1, 0.15) is 28.1 Å². The van der Waals surface area contributed by atoms with Crippen LogP contribution in [-0.4, -0.2) is 36.2 Å². The lowest BCUT2D eigenvalue weighted by atomic mass is 10.1. The van der Waals surface area contributed by atoms with Gasteiger partial charge < -0.3 is 19.9 Å². The first-order valence-electron chi connectivity index (χ1n) is 10.2. The number of hydrogen-bond acceptors (Lipinski definition) is 3.